The van der Waals surface area contributed by atoms with Gasteiger partial charge in [0.1, 0.15) is 12.4 Å². The van der Waals surface area contributed by atoms with E-state index in [0.29, 0.717) is 19.8 Å². The summed E-state index contributed by atoms with van der Waals surface area (Å²) in [4.78, 5) is 0. The third kappa shape index (κ3) is 7.58. The fourth-order valence-electron chi connectivity index (χ4n) is 3.84. The minimum atomic E-state index is -0.610. The predicted octanol–water partition coefficient (Wildman–Crippen LogP) is 5.39. The van der Waals surface area contributed by atoms with Gasteiger partial charge in [0.2, 0.25) is 0 Å². The van der Waals surface area contributed by atoms with Gasteiger partial charge < -0.3 is 23.7 Å². The summed E-state index contributed by atoms with van der Waals surface area (Å²) in [5.74, 6) is 6.34. The van der Waals surface area contributed by atoms with E-state index in [0.717, 1.165) is 29.7 Å². The number of methoxy groups -OCH3 is 2. The molecule has 0 saturated carbocycles. The molecule has 1 aliphatic heterocycles. The summed E-state index contributed by atoms with van der Waals surface area (Å²) >= 11 is 0. The molecule has 0 amide bonds. The van der Waals surface area contributed by atoms with Gasteiger partial charge in [-0.15, -0.1) is 0 Å². The first-order valence-corrected chi connectivity index (χ1v) is 11.4. The van der Waals surface area contributed by atoms with Gasteiger partial charge in [-0.05, 0) is 43.2 Å². The quantitative estimate of drug-likeness (QED) is 0.377. The maximum Gasteiger partial charge on any atom is 0.165 e. The fourth-order valence-corrected chi connectivity index (χ4v) is 3.84. The molecule has 0 N–H and O–H groups in total. The van der Waals surface area contributed by atoms with Crippen molar-refractivity contribution in [3.63, 3.8) is 0 Å². The topological polar surface area (TPSA) is 46.2 Å². The molecule has 1 fully saturated rings. The average molecular weight is 453 g/mol. The van der Waals surface area contributed by atoms with Gasteiger partial charge in [-0.1, -0.05) is 56.0 Å². The van der Waals surface area contributed by atoms with Crippen molar-refractivity contribution in [2.24, 2.45) is 5.41 Å². The number of hydrogen-bond acceptors (Lipinski definition) is 5. The Morgan fingerprint density at radius 2 is 1.64 bits per heavy atom. The Balaban J connectivity index is 1.66. The minimum absolute atomic E-state index is 0.00193. The van der Waals surface area contributed by atoms with Crippen LogP contribution in [0.1, 0.15) is 50.7 Å². The molecule has 33 heavy (non-hydrogen) atoms. The molecule has 0 radical (unpaired) electrons. The molecule has 1 heterocycles. The molecule has 0 spiro atoms. The van der Waals surface area contributed by atoms with Gasteiger partial charge in [-0.3, -0.25) is 0 Å². The van der Waals surface area contributed by atoms with E-state index in [1.54, 1.807) is 14.2 Å². The third-order valence-electron chi connectivity index (χ3n) is 5.84. The van der Waals surface area contributed by atoms with Crippen LogP contribution >= 0.6 is 0 Å². The van der Waals surface area contributed by atoms with Gasteiger partial charge >= 0.3 is 0 Å². The summed E-state index contributed by atoms with van der Waals surface area (Å²) in [6, 6.07) is 17.9. The van der Waals surface area contributed by atoms with Gasteiger partial charge in [0, 0.05) is 37.5 Å². The van der Waals surface area contributed by atoms with Gasteiger partial charge in [-0.25, -0.2) is 0 Å². The zero-order valence-corrected chi connectivity index (χ0v) is 20.4. The number of hydrogen-bond donors (Lipinski definition) is 0. The van der Waals surface area contributed by atoms with Crippen LogP contribution in [-0.2, 0) is 18.9 Å². The largest absolute Gasteiger partial charge is 0.481 e. The molecule has 2 aromatic carbocycles. The molecule has 1 saturated heterocycles. The van der Waals surface area contributed by atoms with Crippen LogP contribution in [0.2, 0.25) is 0 Å². The second-order valence-corrected chi connectivity index (χ2v) is 9.39. The monoisotopic (exact) mass is 452 g/mol. The summed E-state index contributed by atoms with van der Waals surface area (Å²) in [7, 11) is 3.33. The molecule has 1 aliphatic rings. The standard InChI is InChI=1S/C28H36O5/c1-27(2)20-32-28(3,33-21-27)17-16-25(26(29-4)30-5)23-14-9-15-24(19-23)31-18-10-13-22-11-7-6-8-12-22/h6-9,11-12,14-15,19,25-26H,16-18,20-21H2,1-5H3. The summed E-state index contributed by atoms with van der Waals surface area (Å²) in [6.45, 7) is 7.99. The van der Waals surface area contributed by atoms with Gasteiger partial charge in [0.05, 0.1) is 13.2 Å². The highest BCUT2D eigenvalue weighted by molar-refractivity contribution is 5.35. The molecule has 1 unspecified atom stereocenters. The molecule has 5 nitrogen and oxygen atoms in total. The first-order valence-electron chi connectivity index (χ1n) is 11.4. The van der Waals surface area contributed by atoms with Gasteiger partial charge in [-0.2, -0.15) is 0 Å². The van der Waals surface area contributed by atoms with Crippen LogP contribution in [-0.4, -0.2) is 46.1 Å². The predicted molar refractivity (Wildman–Crippen MR) is 129 cm³/mol. The highest BCUT2D eigenvalue weighted by Gasteiger charge is 2.38. The number of rotatable bonds is 9. The zero-order chi connectivity index (χ0) is 23.7. The average Bonchev–Trinajstić information content (AvgIpc) is 2.83. The van der Waals surface area contributed by atoms with Gasteiger partial charge in [0.15, 0.2) is 12.1 Å². The van der Waals surface area contributed by atoms with E-state index in [1.807, 2.05) is 55.5 Å². The molecule has 3 rings (SSSR count). The second-order valence-electron chi connectivity index (χ2n) is 9.39. The van der Waals surface area contributed by atoms with E-state index >= 15 is 0 Å². The van der Waals surface area contributed by atoms with E-state index in [1.165, 1.54) is 0 Å². The van der Waals surface area contributed by atoms with Crippen molar-refractivity contribution in [1.29, 1.82) is 0 Å². The third-order valence-corrected chi connectivity index (χ3v) is 5.84. The van der Waals surface area contributed by atoms with E-state index in [4.69, 9.17) is 23.7 Å². The zero-order valence-electron chi connectivity index (χ0n) is 20.4. The van der Waals surface area contributed by atoms with Crippen LogP contribution in [0.25, 0.3) is 0 Å². The lowest BCUT2D eigenvalue weighted by molar-refractivity contribution is -0.293. The Morgan fingerprint density at radius 3 is 2.30 bits per heavy atom. The lowest BCUT2D eigenvalue weighted by Crippen LogP contribution is -2.45. The first kappa shape index (κ1) is 25.3. The van der Waals surface area contributed by atoms with Crippen molar-refractivity contribution >= 4 is 0 Å². The van der Waals surface area contributed by atoms with Crippen LogP contribution in [0, 0.1) is 17.3 Å². The molecular weight excluding hydrogens is 416 g/mol. The Hall–Kier alpha value is -2.36. The van der Waals surface area contributed by atoms with Crippen molar-refractivity contribution in [1.82, 2.24) is 0 Å². The number of benzene rings is 2. The molecule has 0 aliphatic carbocycles. The SMILES string of the molecule is COC(OC)C(CCC1(C)OCC(C)(C)CO1)c1cccc(OCC#Cc2ccccc2)c1. The normalized spacial score (nSPS) is 17.8. The van der Waals surface area contributed by atoms with Crippen LogP contribution in [0.4, 0.5) is 0 Å². The highest BCUT2D eigenvalue weighted by atomic mass is 16.7. The van der Waals surface area contributed by atoms with Crippen LogP contribution in [0.5, 0.6) is 5.75 Å². The second kappa shape index (κ2) is 11.7. The summed E-state index contributed by atoms with van der Waals surface area (Å²) in [6.07, 6.45) is 1.12. The molecule has 0 bridgehead atoms. The Labute approximate surface area is 198 Å². The Kier molecular flexibility index (Phi) is 8.94. The molecule has 2 aromatic rings. The minimum Gasteiger partial charge on any atom is -0.481 e. The highest BCUT2D eigenvalue weighted by Crippen LogP contribution is 2.36. The molecular formula is C28H36O5. The van der Waals surface area contributed by atoms with Gasteiger partial charge in [0.25, 0.3) is 0 Å². The van der Waals surface area contributed by atoms with Crippen LogP contribution in [0.3, 0.4) is 0 Å². The van der Waals surface area contributed by atoms with E-state index < -0.39 is 5.79 Å². The van der Waals surface area contributed by atoms with Crippen molar-refractivity contribution < 1.29 is 23.7 Å². The summed E-state index contributed by atoms with van der Waals surface area (Å²) in [5.41, 5.74) is 2.09. The van der Waals surface area contributed by atoms with E-state index in [2.05, 4.69) is 31.8 Å². The molecule has 1 atom stereocenters. The Bertz CT molecular complexity index is 914. The molecule has 0 aromatic heterocycles. The Morgan fingerprint density at radius 1 is 0.939 bits per heavy atom. The number of ether oxygens (including phenoxy) is 5. The maximum atomic E-state index is 6.10. The van der Waals surface area contributed by atoms with Crippen LogP contribution < -0.4 is 4.74 Å². The van der Waals surface area contributed by atoms with Crippen molar-refractivity contribution in [2.75, 3.05) is 34.0 Å². The smallest absolute Gasteiger partial charge is 0.165 e. The van der Waals surface area contributed by atoms with Crippen molar-refractivity contribution in [3.8, 4) is 17.6 Å². The summed E-state index contributed by atoms with van der Waals surface area (Å²) in [5, 5.41) is 0. The fraction of sp³-hybridized carbons (Fsp3) is 0.500. The molecule has 5 heteroatoms. The van der Waals surface area contributed by atoms with Crippen molar-refractivity contribution in [3.05, 3.63) is 65.7 Å². The van der Waals surface area contributed by atoms with E-state index in [-0.39, 0.29) is 17.6 Å². The van der Waals surface area contributed by atoms with Crippen LogP contribution in [0.15, 0.2) is 54.6 Å². The van der Waals surface area contributed by atoms with E-state index in [9.17, 15) is 0 Å². The maximum absolute atomic E-state index is 6.10. The lowest BCUT2D eigenvalue weighted by atomic mass is 9.90. The van der Waals surface area contributed by atoms with Crippen molar-refractivity contribution in [2.45, 2.75) is 51.6 Å². The lowest BCUT2D eigenvalue weighted by Gasteiger charge is -2.42. The first-order chi connectivity index (χ1) is 15.8. The summed E-state index contributed by atoms with van der Waals surface area (Å²) < 4.78 is 29.4. The molecule has 178 valence electrons.